The van der Waals surface area contributed by atoms with Crippen LogP contribution >= 0.6 is 0 Å². The van der Waals surface area contributed by atoms with Gasteiger partial charge in [-0.05, 0) is 139 Å². The number of benzene rings is 1. The van der Waals surface area contributed by atoms with Gasteiger partial charge in [0.05, 0.1) is 6.61 Å². The summed E-state index contributed by atoms with van der Waals surface area (Å²) in [5.74, 6) is 4.04. The molecule has 3 nitrogen and oxygen atoms in total. The summed E-state index contributed by atoms with van der Waals surface area (Å²) < 4.78 is 6.60. The van der Waals surface area contributed by atoms with Gasteiger partial charge < -0.3 is 14.9 Å². The Bertz CT molecular complexity index is 1410. The molecular formula is C49H80O3. The topological polar surface area (TPSA) is 49.7 Å². The summed E-state index contributed by atoms with van der Waals surface area (Å²) in [4.78, 5) is 0. The Morgan fingerprint density at radius 3 is 1.98 bits per heavy atom. The minimum Gasteiger partial charge on any atom is -0.507 e. The van der Waals surface area contributed by atoms with Gasteiger partial charge >= 0.3 is 0 Å². The first kappa shape index (κ1) is 45.6. The van der Waals surface area contributed by atoms with E-state index in [4.69, 9.17) is 9.84 Å². The van der Waals surface area contributed by atoms with Gasteiger partial charge in [0, 0.05) is 5.56 Å². The summed E-state index contributed by atoms with van der Waals surface area (Å²) in [7, 11) is 0. The molecule has 1 aliphatic carbocycles. The molecule has 1 heterocycles. The molecule has 52 heavy (non-hydrogen) atoms. The zero-order valence-corrected chi connectivity index (χ0v) is 36.1. The maximum absolute atomic E-state index is 10.4. The molecule has 1 aromatic rings. The Labute approximate surface area is 321 Å². The van der Waals surface area contributed by atoms with E-state index in [1.807, 2.05) is 32.9 Å². The van der Waals surface area contributed by atoms with E-state index in [0.717, 1.165) is 65.0 Å². The first-order valence-corrected chi connectivity index (χ1v) is 20.9. The lowest BCUT2D eigenvalue weighted by Gasteiger charge is -2.38. The highest BCUT2D eigenvalue weighted by Gasteiger charge is 2.34. The van der Waals surface area contributed by atoms with Crippen LogP contribution in [0, 0.1) is 43.9 Å². The molecule has 3 rings (SSSR count). The number of aliphatic hydroxyl groups is 1. The molecule has 1 aromatic carbocycles. The van der Waals surface area contributed by atoms with Gasteiger partial charge in [0.2, 0.25) is 0 Å². The van der Waals surface area contributed by atoms with Crippen LogP contribution in [0.4, 0.5) is 0 Å². The minimum atomic E-state index is -0.0712. The fraction of sp³-hybridized carbons (Fsp3) is 0.673. The molecule has 0 spiro atoms. The Balaban J connectivity index is 0.000000389. The van der Waals surface area contributed by atoms with Crippen molar-refractivity contribution in [3.63, 3.8) is 0 Å². The van der Waals surface area contributed by atoms with Gasteiger partial charge in [-0.25, -0.2) is 0 Å². The van der Waals surface area contributed by atoms with Crippen molar-refractivity contribution < 1.29 is 14.9 Å². The van der Waals surface area contributed by atoms with E-state index >= 15 is 0 Å². The van der Waals surface area contributed by atoms with Crippen LogP contribution in [0.3, 0.4) is 0 Å². The number of aliphatic hydroxyl groups excluding tert-OH is 1. The third kappa shape index (κ3) is 15.1. The van der Waals surface area contributed by atoms with E-state index in [1.165, 1.54) is 92.9 Å². The van der Waals surface area contributed by atoms with Crippen LogP contribution in [0.25, 0.3) is 0 Å². The van der Waals surface area contributed by atoms with Crippen LogP contribution < -0.4 is 4.74 Å². The average molecular weight is 717 g/mol. The highest BCUT2D eigenvalue weighted by atomic mass is 16.5. The van der Waals surface area contributed by atoms with Crippen molar-refractivity contribution in [1.29, 1.82) is 0 Å². The zero-order chi connectivity index (χ0) is 39.1. The van der Waals surface area contributed by atoms with Gasteiger partial charge in [-0.2, -0.15) is 0 Å². The Kier molecular flexibility index (Phi) is 19.3. The van der Waals surface area contributed by atoms with Crippen molar-refractivity contribution in [2.45, 2.75) is 186 Å². The Hall–Kier alpha value is -2.52. The Morgan fingerprint density at radius 1 is 0.769 bits per heavy atom. The largest absolute Gasteiger partial charge is 0.507 e. The summed E-state index contributed by atoms with van der Waals surface area (Å²) in [6.45, 7) is 29.1. The molecule has 294 valence electrons. The fourth-order valence-electron chi connectivity index (χ4n) is 8.12. The number of aromatic hydroxyl groups is 1. The Morgan fingerprint density at radius 2 is 1.38 bits per heavy atom. The minimum absolute atomic E-state index is 0.0712. The first-order chi connectivity index (χ1) is 24.4. The predicted molar refractivity (Wildman–Crippen MR) is 228 cm³/mol. The van der Waals surface area contributed by atoms with E-state index in [-0.39, 0.29) is 12.2 Å². The van der Waals surface area contributed by atoms with Crippen LogP contribution in [0.2, 0.25) is 0 Å². The van der Waals surface area contributed by atoms with Crippen LogP contribution in [0.1, 0.15) is 175 Å². The average Bonchev–Trinajstić information content (AvgIpc) is 3.06. The molecule has 0 bridgehead atoms. The summed E-state index contributed by atoms with van der Waals surface area (Å²) in [5, 5.41) is 19.2. The molecule has 0 aromatic heterocycles. The van der Waals surface area contributed by atoms with Crippen LogP contribution in [-0.2, 0) is 6.42 Å². The van der Waals surface area contributed by atoms with Crippen LogP contribution in [0.5, 0.6) is 11.5 Å². The van der Waals surface area contributed by atoms with E-state index in [2.05, 4.69) is 87.5 Å². The van der Waals surface area contributed by atoms with E-state index in [0.29, 0.717) is 11.2 Å². The van der Waals surface area contributed by atoms with Crippen molar-refractivity contribution in [3.8, 4) is 11.5 Å². The SMILES string of the molecule is CC1=C(/C=C/C(C)=C/C=C/C(C)=C/CO)C(C)(C)CCC1.Cc1c(C)c2c(c(C)c1O)CC[C@@](C)(CCC[C@H](C)CCC[C@H](C)CCCC(C)C)O2. The van der Waals surface area contributed by atoms with E-state index in [9.17, 15) is 5.11 Å². The molecule has 0 saturated carbocycles. The third-order valence-corrected chi connectivity index (χ3v) is 12.1. The molecule has 0 radical (unpaired) electrons. The van der Waals surface area contributed by atoms with Gasteiger partial charge in [-0.15, -0.1) is 0 Å². The summed E-state index contributed by atoms with van der Waals surface area (Å²) in [5.41, 5.74) is 9.89. The lowest BCUT2D eigenvalue weighted by Crippen LogP contribution is -2.37. The second-order valence-corrected chi connectivity index (χ2v) is 18.1. The van der Waals surface area contributed by atoms with Crippen molar-refractivity contribution >= 4 is 0 Å². The number of hydrogen-bond donors (Lipinski definition) is 2. The second kappa shape index (κ2) is 22.0. The highest BCUT2D eigenvalue weighted by molar-refractivity contribution is 5.58. The number of fused-ring (bicyclic) bond motifs is 1. The van der Waals surface area contributed by atoms with E-state index in [1.54, 1.807) is 6.08 Å². The highest BCUT2D eigenvalue weighted by Crippen LogP contribution is 2.45. The predicted octanol–water partition coefficient (Wildman–Crippen LogP) is 14.4. The van der Waals surface area contributed by atoms with Crippen LogP contribution in [0.15, 0.2) is 58.7 Å². The van der Waals surface area contributed by atoms with Gasteiger partial charge in [0.1, 0.15) is 17.1 Å². The molecule has 3 atom stereocenters. The van der Waals surface area contributed by atoms with Gasteiger partial charge in [0.15, 0.2) is 0 Å². The zero-order valence-electron chi connectivity index (χ0n) is 36.1. The maximum atomic E-state index is 10.4. The smallest absolute Gasteiger partial charge is 0.127 e. The molecule has 0 amide bonds. The van der Waals surface area contributed by atoms with Gasteiger partial charge in [0.25, 0.3) is 0 Å². The maximum Gasteiger partial charge on any atom is 0.127 e. The summed E-state index contributed by atoms with van der Waals surface area (Å²) in [6, 6.07) is 0. The molecule has 1 aliphatic heterocycles. The number of rotatable bonds is 17. The standard InChI is InChI=1S/C29H50O2.C20H30O/c1-20(2)12-9-13-21(3)14-10-15-22(4)16-11-18-29(8)19-17-26-25(7)27(30)23(5)24(6)28(26)31-29;1-16(8-6-9-17(2)13-15-21)11-12-19-18(3)10-7-14-20(19,4)5/h20-22,30H,9-19H2,1-8H3;6,8-9,11-13,21H,7,10,14-15H2,1-5H3/b;9-6+,12-11+,16-8+,17-13+/t21-,22-,29-;/m1./s1. The molecule has 2 aliphatic rings. The number of phenolic OH excluding ortho intramolecular Hbond substituents is 1. The number of allylic oxidation sites excluding steroid dienone is 9. The lowest BCUT2D eigenvalue weighted by atomic mass is 9.72. The molecule has 2 N–H and O–H groups in total. The number of phenols is 1. The molecular weight excluding hydrogens is 637 g/mol. The van der Waals surface area contributed by atoms with Gasteiger partial charge in [-0.1, -0.05) is 140 Å². The normalized spacial score (nSPS) is 20.6. The van der Waals surface area contributed by atoms with Gasteiger partial charge in [-0.3, -0.25) is 0 Å². The molecule has 0 saturated heterocycles. The first-order valence-electron chi connectivity index (χ1n) is 20.9. The summed E-state index contributed by atoms with van der Waals surface area (Å²) in [6.07, 6.45) is 30.3. The lowest BCUT2D eigenvalue weighted by molar-refractivity contribution is 0.0511. The van der Waals surface area contributed by atoms with Crippen molar-refractivity contribution in [2.75, 3.05) is 6.61 Å². The monoisotopic (exact) mass is 717 g/mol. The second-order valence-electron chi connectivity index (χ2n) is 18.1. The quantitative estimate of drug-likeness (QED) is 0.158. The van der Waals surface area contributed by atoms with Crippen molar-refractivity contribution in [1.82, 2.24) is 0 Å². The van der Waals surface area contributed by atoms with E-state index < -0.39 is 0 Å². The molecule has 0 fully saturated rings. The molecule has 0 unspecified atom stereocenters. The molecule has 3 heteroatoms. The van der Waals surface area contributed by atoms with Crippen molar-refractivity contribution in [3.05, 3.63) is 81.0 Å². The number of hydrogen-bond acceptors (Lipinski definition) is 3. The third-order valence-electron chi connectivity index (χ3n) is 12.1. The van der Waals surface area contributed by atoms with Crippen molar-refractivity contribution in [2.24, 2.45) is 23.2 Å². The number of ether oxygens (including phenoxy) is 1. The van der Waals surface area contributed by atoms with Crippen LogP contribution in [-0.4, -0.2) is 22.4 Å². The summed E-state index contributed by atoms with van der Waals surface area (Å²) >= 11 is 0. The fourth-order valence-corrected chi connectivity index (χ4v) is 8.12.